The third kappa shape index (κ3) is 3.70. The molecule has 1 aromatic rings. The quantitative estimate of drug-likeness (QED) is 0.916. The number of aromatic nitrogens is 1. The lowest BCUT2D eigenvalue weighted by atomic mass is 9.92. The molecule has 1 atom stereocenters. The highest BCUT2D eigenvalue weighted by atomic mass is 16.5. The Hall–Kier alpha value is -1.13. The average molecular weight is 277 g/mol. The molecule has 0 amide bonds. The van der Waals surface area contributed by atoms with Crippen LogP contribution >= 0.6 is 0 Å². The van der Waals surface area contributed by atoms with E-state index in [9.17, 15) is 0 Å². The molecule has 1 aromatic heterocycles. The van der Waals surface area contributed by atoms with Crippen molar-refractivity contribution in [2.75, 3.05) is 20.2 Å². The van der Waals surface area contributed by atoms with Crippen LogP contribution in [0.3, 0.4) is 0 Å². The Labute approximate surface area is 122 Å². The molecule has 2 rings (SSSR count). The zero-order valence-electron chi connectivity index (χ0n) is 13.3. The molecule has 0 aliphatic carbocycles. The molecule has 0 aromatic carbocycles. The maximum Gasteiger partial charge on any atom is 0.213 e. The van der Waals surface area contributed by atoms with Crippen LogP contribution in [-0.2, 0) is 6.54 Å². The van der Waals surface area contributed by atoms with Gasteiger partial charge in [-0.05, 0) is 31.4 Å². The summed E-state index contributed by atoms with van der Waals surface area (Å²) >= 11 is 0. The Bertz CT molecular complexity index is 445. The number of ether oxygens (including phenoxy) is 1. The predicted octanol–water partition coefficient (Wildman–Crippen LogP) is 2.30. The van der Waals surface area contributed by atoms with Gasteiger partial charge in [-0.25, -0.2) is 4.98 Å². The summed E-state index contributed by atoms with van der Waals surface area (Å²) in [5.74, 6) is 1.33. The number of nitrogens with one attached hydrogen (secondary N) is 1. The van der Waals surface area contributed by atoms with Crippen molar-refractivity contribution in [2.24, 2.45) is 5.92 Å². The highest BCUT2D eigenvalue weighted by Gasteiger charge is 2.33. The second-order valence-corrected chi connectivity index (χ2v) is 6.69. The van der Waals surface area contributed by atoms with Crippen LogP contribution in [0.5, 0.6) is 5.88 Å². The monoisotopic (exact) mass is 277 g/mol. The number of nitrogens with zero attached hydrogens (tertiary/aromatic N) is 2. The van der Waals surface area contributed by atoms with E-state index in [-0.39, 0.29) is 5.54 Å². The van der Waals surface area contributed by atoms with E-state index in [0.717, 1.165) is 19.6 Å². The lowest BCUT2D eigenvalue weighted by molar-refractivity contribution is 0.0627. The van der Waals surface area contributed by atoms with E-state index >= 15 is 0 Å². The van der Waals surface area contributed by atoms with Gasteiger partial charge in [-0.15, -0.1) is 0 Å². The molecule has 0 radical (unpaired) electrons. The predicted molar refractivity (Wildman–Crippen MR) is 81.9 cm³/mol. The van der Waals surface area contributed by atoms with Crippen LogP contribution in [0.1, 0.15) is 33.3 Å². The first-order valence-corrected chi connectivity index (χ1v) is 7.39. The van der Waals surface area contributed by atoms with E-state index in [1.807, 2.05) is 12.3 Å². The van der Waals surface area contributed by atoms with Crippen molar-refractivity contribution in [3.8, 4) is 5.88 Å². The standard InChI is InChI=1S/C16H27N3O/c1-12(2)14-9-18-16(3,4)11-19(14)10-13-6-7-17-15(8-13)20-5/h6-8,12,14,18H,9-11H2,1-5H3. The van der Waals surface area contributed by atoms with Gasteiger partial charge in [-0.3, -0.25) is 4.90 Å². The van der Waals surface area contributed by atoms with Gasteiger partial charge in [-0.2, -0.15) is 0 Å². The topological polar surface area (TPSA) is 37.4 Å². The summed E-state index contributed by atoms with van der Waals surface area (Å²) in [6, 6.07) is 4.68. The first-order chi connectivity index (χ1) is 9.41. The van der Waals surface area contributed by atoms with E-state index in [0.29, 0.717) is 17.8 Å². The number of rotatable bonds is 4. The minimum Gasteiger partial charge on any atom is -0.481 e. The van der Waals surface area contributed by atoms with Crippen LogP contribution in [0.15, 0.2) is 18.3 Å². The van der Waals surface area contributed by atoms with Crippen LogP contribution in [0.4, 0.5) is 0 Å². The zero-order chi connectivity index (χ0) is 14.8. The van der Waals surface area contributed by atoms with Gasteiger partial charge in [0.1, 0.15) is 0 Å². The summed E-state index contributed by atoms with van der Waals surface area (Å²) in [4.78, 5) is 6.76. The maximum atomic E-state index is 5.22. The van der Waals surface area contributed by atoms with Gasteiger partial charge in [0, 0.05) is 43.5 Å². The van der Waals surface area contributed by atoms with Crippen molar-refractivity contribution in [3.05, 3.63) is 23.9 Å². The van der Waals surface area contributed by atoms with Crippen LogP contribution < -0.4 is 10.1 Å². The van der Waals surface area contributed by atoms with E-state index in [2.05, 4.69) is 49.0 Å². The van der Waals surface area contributed by atoms with Crippen molar-refractivity contribution >= 4 is 0 Å². The van der Waals surface area contributed by atoms with E-state index in [1.54, 1.807) is 7.11 Å². The summed E-state index contributed by atoms with van der Waals surface area (Å²) < 4.78 is 5.22. The first-order valence-electron chi connectivity index (χ1n) is 7.39. The molecule has 1 aliphatic heterocycles. The fraction of sp³-hybridized carbons (Fsp3) is 0.688. The Balaban J connectivity index is 2.14. The second kappa shape index (κ2) is 6.10. The molecule has 0 spiro atoms. The Kier molecular flexibility index (Phi) is 4.66. The number of hydrogen-bond donors (Lipinski definition) is 1. The Morgan fingerprint density at radius 1 is 1.50 bits per heavy atom. The summed E-state index contributed by atoms with van der Waals surface area (Å²) in [5, 5.41) is 3.65. The molecule has 1 N–H and O–H groups in total. The van der Waals surface area contributed by atoms with Gasteiger partial charge in [0.2, 0.25) is 5.88 Å². The Morgan fingerprint density at radius 2 is 2.25 bits per heavy atom. The van der Waals surface area contributed by atoms with Gasteiger partial charge in [0.25, 0.3) is 0 Å². The average Bonchev–Trinajstić information content (AvgIpc) is 2.37. The smallest absolute Gasteiger partial charge is 0.213 e. The minimum absolute atomic E-state index is 0.169. The van der Waals surface area contributed by atoms with E-state index in [4.69, 9.17) is 4.74 Å². The number of piperazine rings is 1. The lowest BCUT2D eigenvalue weighted by Gasteiger charge is -2.46. The highest BCUT2D eigenvalue weighted by molar-refractivity contribution is 5.20. The van der Waals surface area contributed by atoms with E-state index < -0.39 is 0 Å². The molecule has 0 bridgehead atoms. The third-order valence-corrected chi connectivity index (χ3v) is 4.02. The molecule has 0 saturated carbocycles. The van der Waals surface area contributed by atoms with Crippen molar-refractivity contribution in [2.45, 2.75) is 45.8 Å². The molecule has 112 valence electrons. The second-order valence-electron chi connectivity index (χ2n) is 6.69. The zero-order valence-corrected chi connectivity index (χ0v) is 13.3. The maximum absolute atomic E-state index is 5.22. The molecule has 2 heterocycles. The van der Waals surface area contributed by atoms with Gasteiger partial charge < -0.3 is 10.1 Å². The van der Waals surface area contributed by atoms with Gasteiger partial charge in [-0.1, -0.05) is 13.8 Å². The fourth-order valence-corrected chi connectivity index (χ4v) is 2.92. The van der Waals surface area contributed by atoms with Crippen molar-refractivity contribution in [1.29, 1.82) is 0 Å². The normalized spacial score (nSPS) is 23.0. The Morgan fingerprint density at radius 3 is 2.90 bits per heavy atom. The molecule has 1 saturated heterocycles. The molecule has 1 fully saturated rings. The van der Waals surface area contributed by atoms with Crippen LogP contribution in [0.25, 0.3) is 0 Å². The van der Waals surface area contributed by atoms with Gasteiger partial charge in [0.15, 0.2) is 0 Å². The van der Waals surface area contributed by atoms with Crippen molar-refractivity contribution in [3.63, 3.8) is 0 Å². The molecular formula is C16H27N3O. The van der Waals surface area contributed by atoms with Crippen molar-refractivity contribution in [1.82, 2.24) is 15.2 Å². The molecule has 20 heavy (non-hydrogen) atoms. The SMILES string of the molecule is COc1cc(CN2CC(C)(C)NCC2C(C)C)ccn1. The third-order valence-electron chi connectivity index (χ3n) is 4.02. The first kappa shape index (κ1) is 15.3. The minimum atomic E-state index is 0.169. The van der Waals surface area contributed by atoms with Crippen molar-refractivity contribution < 1.29 is 4.74 Å². The number of methoxy groups -OCH3 is 1. The van der Waals surface area contributed by atoms with E-state index in [1.165, 1.54) is 5.56 Å². The lowest BCUT2D eigenvalue weighted by Crippen LogP contribution is -2.62. The summed E-state index contributed by atoms with van der Waals surface area (Å²) in [7, 11) is 1.66. The summed E-state index contributed by atoms with van der Waals surface area (Å²) in [5.41, 5.74) is 1.43. The van der Waals surface area contributed by atoms with Crippen LogP contribution in [0, 0.1) is 5.92 Å². The molecule has 4 heteroatoms. The van der Waals surface area contributed by atoms with Crippen LogP contribution in [0.2, 0.25) is 0 Å². The number of hydrogen-bond acceptors (Lipinski definition) is 4. The molecular weight excluding hydrogens is 250 g/mol. The molecule has 1 unspecified atom stereocenters. The highest BCUT2D eigenvalue weighted by Crippen LogP contribution is 2.23. The summed E-state index contributed by atoms with van der Waals surface area (Å²) in [6.45, 7) is 12.2. The van der Waals surface area contributed by atoms with Gasteiger partial charge >= 0.3 is 0 Å². The fourth-order valence-electron chi connectivity index (χ4n) is 2.92. The molecule has 4 nitrogen and oxygen atoms in total. The molecule has 1 aliphatic rings. The van der Waals surface area contributed by atoms with Gasteiger partial charge in [0.05, 0.1) is 7.11 Å². The summed E-state index contributed by atoms with van der Waals surface area (Å²) in [6.07, 6.45) is 1.83. The van der Waals surface area contributed by atoms with Crippen LogP contribution in [-0.4, -0.2) is 41.7 Å². The number of pyridine rings is 1. The largest absolute Gasteiger partial charge is 0.481 e.